The van der Waals surface area contributed by atoms with E-state index in [1.54, 1.807) is 12.1 Å². The molecule has 2 N–H and O–H groups in total. The zero-order chi connectivity index (χ0) is 13.5. The third-order valence-corrected chi connectivity index (χ3v) is 3.54. The molecule has 0 fully saturated rings. The molecule has 18 heavy (non-hydrogen) atoms. The molecular weight excluding hydrogens is 313 g/mol. The lowest BCUT2D eigenvalue weighted by Crippen LogP contribution is -2.43. The van der Waals surface area contributed by atoms with E-state index in [0.717, 1.165) is 14.9 Å². The smallest absolute Gasteiger partial charge is 0.399 e. The van der Waals surface area contributed by atoms with E-state index in [9.17, 15) is 18.0 Å². The number of hydrogen-bond donors (Lipinski definition) is 1. The molecule has 3 nitrogen and oxygen atoms in total. The van der Waals surface area contributed by atoms with Gasteiger partial charge in [0.15, 0.2) is 0 Å². The number of carbonyl (C=O) groups excluding carboxylic acids is 1. The van der Waals surface area contributed by atoms with E-state index in [1.807, 2.05) is 0 Å². The zero-order valence-electron chi connectivity index (χ0n) is 9.22. The number of fused-ring (bicyclic) bond motifs is 1. The highest BCUT2D eigenvalue weighted by Crippen LogP contribution is 2.30. The van der Waals surface area contributed by atoms with Crippen molar-refractivity contribution >= 4 is 27.5 Å². The number of nitrogens with two attached hydrogens (primary N) is 1. The maximum atomic E-state index is 12.3. The molecule has 2 rings (SSSR count). The fourth-order valence-corrected chi connectivity index (χ4v) is 2.74. The van der Waals surface area contributed by atoms with Crippen molar-refractivity contribution in [3.63, 3.8) is 0 Å². The molecule has 0 saturated heterocycles. The van der Waals surface area contributed by atoms with Crippen LogP contribution in [0.2, 0.25) is 0 Å². The Hall–Kier alpha value is -1.24. The third-order valence-electron chi connectivity index (χ3n) is 2.83. The summed E-state index contributed by atoms with van der Waals surface area (Å²) in [6, 6.07) is 3.32. The standard InChI is InChI=1S/C11H10BrF3N2O/c12-9-4-7(16)3-6-5-17(2-1-8(6)9)10(18)11(13,14)15/h3-4H,1-2,5,16H2. The normalized spacial score (nSPS) is 15.4. The molecule has 0 spiro atoms. The molecule has 1 amide bonds. The van der Waals surface area contributed by atoms with Crippen molar-refractivity contribution in [2.75, 3.05) is 12.3 Å². The molecule has 0 unspecified atom stereocenters. The summed E-state index contributed by atoms with van der Waals surface area (Å²) in [4.78, 5) is 12.0. The quantitative estimate of drug-likeness (QED) is 0.746. The molecule has 7 heteroatoms. The second-order valence-corrected chi connectivity index (χ2v) is 4.97. The van der Waals surface area contributed by atoms with Crippen LogP contribution in [0.5, 0.6) is 0 Å². The fourth-order valence-electron chi connectivity index (χ4n) is 2.02. The molecular formula is C11H10BrF3N2O. The molecule has 1 aliphatic heterocycles. The fraction of sp³-hybridized carbons (Fsp3) is 0.364. The van der Waals surface area contributed by atoms with Crippen molar-refractivity contribution in [2.45, 2.75) is 19.1 Å². The van der Waals surface area contributed by atoms with E-state index in [1.165, 1.54) is 0 Å². The number of alkyl halides is 3. The summed E-state index contributed by atoms with van der Waals surface area (Å²) < 4.78 is 37.8. The Kier molecular flexibility index (Phi) is 3.27. The Morgan fingerprint density at radius 2 is 2.06 bits per heavy atom. The van der Waals surface area contributed by atoms with E-state index in [2.05, 4.69) is 15.9 Å². The first-order valence-corrected chi connectivity index (χ1v) is 6.01. The molecule has 0 radical (unpaired) electrons. The van der Waals surface area contributed by atoms with E-state index < -0.39 is 12.1 Å². The molecule has 0 aromatic heterocycles. The minimum Gasteiger partial charge on any atom is -0.399 e. The Balaban J connectivity index is 2.28. The topological polar surface area (TPSA) is 46.3 Å². The lowest BCUT2D eigenvalue weighted by Gasteiger charge is -2.30. The zero-order valence-corrected chi connectivity index (χ0v) is 10.8. The molecule has 1 heterocycles. The monoisotopic (exact) mass is 322 g/mol. The molecule has 1 aliphatic rings. The summed E-state index contributed by atoms with van der Waals surface area (Å²) in [6.07, 6.45) is -4.44. The van der Waals surface area contributed by atoms with Crippen LogP contribution < -0.4 is 5.73 Å². The van der Waals surface area contributed by atoms with E-state index >= 15 is 0 Å². The van der Waals surface area contributed by atoms with Crippen molar-refractivity contribution in [1.82, 2.24) is 4.90 Å². The number of nitrogens with zero attached hydrogens (tertiary/aromatic N) is 1. The summed E-state index contributed by atoms with van der Waals surface area (Å²) in [7, 11) is 0. The van der Waals surface area contributed by atoms with Crippen molar-refractivity contribution in [2.24, 2.45) is 0 Å². The van der Waals surface area contributed by atoms with Gasteiger partial charge < -0.3 is 10.6 Å². The van der Waals surface area contributed by atoms with Crippen LogP contribution in [0.3, 0.4) is 0 Å². The number of hydrogen-bond acceptors (Lipinski definition) is 2. The number of amides is 1. The van der Waals surface area contributed by atoms with Gasteiger partial charge >= 0.3 is 12.1 Å². The van der Waals surface area contributed by atoms with Crippen molar-refractivity contribution < 1.29 is 18.0 Å². The number of carbonyl (C=O) groups is 1. The van der Waals surface area contributed by atoms with Crippen LogP contribution in [0.4, 0.5) is 18.9 Å². The minimum atomic E-state index is -4.82. The minimum absolute atomic E-state index is 0.0582. The summed E-state index contributed by atoms with van der Waals surface area (Å²) in [5, 5.41) is 0. The van der Waals surface area contributed by atoms with Gasteiger partial charge in [-0.05, 0) is 29.7 Å². The number of nitrogen functional groups attached to an aromatic ring is 1. The number of halogens is 4. The molecule has 0 saturated carbocycles. The van der Waals surface area contributed by atoms with Gasteiger partial charge in [0.25, 0.3) is 0 Å². The Bertz CT molecular complexity index is 502. The number of anilines is 1. The third kappa shape index (κ3) is 2.45. The molecule has 0 aliphatic carbocycles. The molecule has 0 bridgehead atoms. The maximum Gasteiger partial charge on any atom is 0.471 e. The van der Waals surface area contributed by atoms with Gasteiger partial charge in [0, 0.05) is 23.2 Å². The summed E-state index contributed by atoms with van der Waals surface area (Å²) >= 11 is 3.32. The Morgan fingerprint density at radius 3 is 2.67 bits per heavy atom. The van der Waals surface area contributed by atoms with Gasteiger partial charge in [0.2, 0.25) is 0 Å². The lowest BCUT2D eigenvalue weighted by atomic mass is 9.99. The SMILES string of the molecule is Nc1cc(Br)c2c(c1)CN(C(=O)C(F)(F)F)CC2. The second-order valence-electron chi connectivity index (χ2n) is 4.11. The lowest BCUT2D eigenvalue weighted by molar-refractivity contribution is -0.186. The molecule has 1 aromatic carbocycles. The highest BCUT2D eigenvalue weighted by Gasteiger charge is 2.43. The van der Waals surface area contributed by atoms with E-state index in [4.69, 9.17) is 5.73 Å². The highest BCUT2D eigenvalue weighted by atomic mass is 79.9. The van der Waals surface area contributed by atoms with E-state index in [-0.39, 0.29) is 13.1 Å². The Morgan fingerprint density at radius 1 is 1.39 bits per heavy atom. The maximum absolute atomic E-state index is 12.3. The van der Waals surface area contributed by atoms with Gasteiger partial charge in [-0.25, -0.2) is 0 Å². The van der Waals surface area contributed by atoms with Crippen LogP contribution in [-0.4, -0.2) is 23.5 Å². The van der Waals surface area contributed by atoms with Crippen molar-refractivity contribution in [3.05, 3.63) is 27.7 Å². The summed E-state index contributed by atoms with van der Waals surface area (Å²) in [5.41, 5.74) is 7.66. The van der Waals surface area contributed by atoms with Gasteiger partial charge in [0.1, 0.15) is 0 Å². The molecule has 0 atom stereocenters. The first-order chi connectivity index (χ1) is 8.29. The molecule has 98 valence electrons. The van der Waals surface area contributed by atoms with Crippen LogP contribution in [-0.2, 0) is 17.8 Å². The van der Waals surface area contributed by atoms with Crippen molar-refractivity contribution in [1.29, 1.82) is 0 Å². The van der Waals surface area contributed by atoms with Gasteiger partial charge in [-0.3, -0.25) is 4.79 Å². The Labute approximate surface area is 110 Å². The van der Waals surface area contributed by atoms with E-state index in [0.29, 0.717) is 17.7 Å². The summed E-state index contributed by atoms with van der Waals surface area (Å²) in [5.74, 6) is -1.80. The number of benzene rings is 1. The van der Waals surface area contributed by atoms with Crippen LogP contribution in [0.1, 0.15) is 11.1 Å². The average Bonchev–Trinajstić information content (AvgIpc) is 2.25. The van der Waals surface area contributed by atoms with Crippen LogP contribution in [0.25, 0.3) is 0 Å². The second kappa shape index (κ2) is 4.46. The first-order valence-electron chi connectivity index (χ1n) is 5.22. The van der Waals surface area contributed by atoms with Crippen LogP contribution in [0.15, 0.2) is 16.6 Å². The predicted molar refractivity (Wildman–Crippen MR) is 63.7 cm³/mol. The predicted octanol–water partition coefficient (Wildman–Crippen LogP) is 2.48. The van der Waals surface area contributed by atoms with Gasteiger partial charge in [-0.15, -0.1) is 0 Å². The summed E-state index contributed by atoms with van der Waals surface area (Å²) in [6.45, 7) is 0.00514. The average molecular weight is 323 g/mol. The largest absolute Gasteiger partial charge is 0.471 e. The van der Waals surface area contributed by atoms with Gasteiger partial charge in [-0.2, -0.15) is 13.2 Å². The van der Waals surface area contributed by atoms with Crippen LogP contribution in [0, 0.1) is 0 Å². The number of rotatable bonds is 0. The highest BCUT2D eigenvalue weighted by molar-refractivity contribution is 9.10. The van der Waals surface area contributed by atoms with Gasteiger partial charge in [0.05, 0.1) is 0 Å². The molecule has 1 aromatic rings. The first kappa shape index (κ1) is 13.2. The van der Waals surface area contributed by atoms with Crippen LogP contribution >= 0.6 is 15.9 Å². The van der Waals surface area contributed by atoms with Gasteiger partial charge in [-0.1, -0.05) is 15.9 Å². The van der Waals surface area contributed by atoms with Crippen molar-refractivity contribution in [3.8, 4) is 0 Å².